The fourth-order valence-corrected chi connectivity index (χ4v) is 2.20. The van der Waals surface area contributed by atoms with Crippen LogP contribution < -0.4 is 0 Å². The van der Waals surface area contributed by atoms with E-state index in [-0.39, 0.29) is 5.76 Å². The SMILES string of the molecule is CC(C)(C(O)c1cc2ccccc2o1)S(C)(=O)=O. The average molecular weight is 268 g/mol. The largest absolute Gasteiger partial charge is 0.458 e. The summed E-state index contributed by atoms with van der Waals surface area (Å²) in [4.78, 5) is 0. The van der Waals surface area contributed by atoms with Crippen LogP contribution in [0.4, 0.5) is 0 Å². The van der Waals surface area contributed by atoms with E-state index < -0.39 is 20.7 Å². The van der Waals surface area contributed by atoms with Crippen molar-refractivity contribution in [1.29, 1.82) is 0 Å². The molecule has 4 nitrogen and oxygen atoms in total. The first-order valence-electron chi connectivity index (χ1n) is 5.59. The van der Waals surface area contributed by atoms with Crippen molar-refractivity contribution < 1.29 is 17.9 Å². The standard InChI is InChI=1S/C13H16O4S/c1-13(2,18(3,15)16)12(14)11-8-9-6-4-5-7-10(9)17-11/h4-8,12,14H,1-3H3. The summed E-state index contributed by atoms with van der Waals surface area (Å²) in [5.74, 6) is 0.270. The van der Waals surface area contributed by atoms with E-state index in [1.165, 1.54) is 13.8 Å². The van der Waals surface area contributed by atoms with Crippen molar-refractivity contribution >= 4 is 20.8 Å². The number of hydrogen-bond acceptors (Lipinski definition) is 4. The van der Waals surface area contributed by atoms with Gasteiger partial charge >= 0.3 is 0 Å². The third-order valence-electron chi connectivity index (χ3n) is 3.33. The van der Waals surface area contributed by atoms with Gasteiger partial charge in [0, 0.05) is 11.6 Å². The Morgan fingerprint density at radius 2 is 1.89 bits per heavy atom. The van der Waals surface area contributed by atoms with Crippen molar-refractivity contribution in [3.8, 4) is 0 Å². The minimum absolute atomic E-state index is 0.270. The van der Waals surface area contributed by atoms with E-state index in [9.17, 15) is 13.5 Å². The number of rotatable bonds is 3. The van der Waals surface area contributed by atoms with Gasteiger partial charge in [0.25, 0.3) is 0 Å². The van der Waals surface area contributed by atoms with E-state index in [4.69, 9.17) is 4.42 Å². The fraction of sp³-hybridized carbons (Fsp3) is 0.385. The predicted molar refractivity (Wildman–Crippen MR) is 70.1 cm³/mol. The Morgan fingerprint density at radius 1 is 1.28 bits per heavy atom. The number of benzene rings is 1. The van der Waals surface area contributed by atoms with Gasteiger partial charge in [-0.2, -0.15) is 0 Å². The highest BCUT2D eigenvalue weighted by Gasteiger charge is 2.40. The normalized spacial score (nSPS) is 14.9. The molecule has 1 aromatic carbocycles. The van der Waals surface area contributed by atoms with E-state index in [0.29, 0.717) is 5.58 Å². The maximum absolute atomic E-state index is 11.7. The molecule has 98 valence electrons. The summed E-state index contributed by atoms with van der Waals surface area (Å²) in [5, 5.41) is 11.1. The van der Waals surface area contributed by atoms with Crippen LogP contribution in [0.25, 0.3) is 11.0 Å². The molecule has 0 spiro atoms. The van der Waals surface area contributed by atoms with Crippen LogP contribution in [0.3, 0.4) is 0 Å². The Bertz CT molecular complexity index is 634. The molecular weight excluding hydrogens is 252 g/mol. The highest BCUT2D eigenvalue weighted by Crippen LogP contribution is 2.34. The van der Waals surface area contributed by atoms with Gasteiger partial charge in [-0.25, -0.2) is 8.42 Å². The summed E-state index contributed by atoms with van der Waals surface area (Å²) < 4.78 is 27.6. The molecule has 0 saturated carbocycles. The van der Waals surface area contributed by atoms with Gasteiger partial charge in [0.15, 0.2) is 9.84 Å². The van der Waals surface area contributed by atoms with E-state index in [1.54, 1.807) is 12.1 Å². The van der Waals surface area contributed by atoms with Crippen LogP contribution in [-0.4, -0.2) is 24.5 Å². The number of fused-ring (bicyclic) bond motifs is 1. The molecule has 2 aromatic rings. The number of furan rings is 1. The van der Waals surface area contributed by atoms with E-state index in [0.717, 1.165) is 11.6 Å². The van der Waals surface area contributed by atoms with E-state index in [1.807, 2.05) is 18.2 Å². The molecule has 0 fully saturated rings. The molecule has 1 atom stereocenters. The lowest BCUT2D eigenvalue weighted by atomic mass is 10.0. The van der Waals surface area contributed by atoms with Crippen molar-refractivity contribution in [2.24, 2.45) is 0 Å². The van der Waals surface area contributed by atoms with Gasteiger partial charge in [0.05, 0.1) is 4.75 Å². The molecule has 0 amide bonds. The zero-order chi connectivity index (χ0) is 13.6. The number of aliphatic hydroxyl groups excluding tert-OH is 1. The third kappa shape index (κ3) is 2.04. The second-order valence-electron chi connectivity index (χ2n) is 4.96. The Kier molecular flexibility index (Phi) is 2.99. The monoisotopic (exact) mass is 268 g/mol. The maximum Gasteiger partial charge on any atom is 0.155 e. The number of sulfone groups is 1. The molecule has 0 saturated heterocycles. The molecule has 2 rings (SSSR count). The Balaban J connectivity index is 2.49. The topological polar surface area (TPSA) is 67.5 Å². The summed E-state index contributed by atoms with van der Waals surface area (Å²) in [6.07, 6.45) is -0.0845. The Morgan fingerprint density at radius 3 is 2.44 bits per heavy atom. The summed E-state index contributed by atoms with van der Waals surface area (Å²) >= 11 is 0. The molecule has 18 heavy (non-hydrogen) atoms. The van der Waals surface area contributed by atoms with Crippen LogP contribution in [0.15, 0.2) is 34.7 Å². The van der Waals surface area contributed by atoms with Crippen LogP contribution in [0.5, 0.6) is 0 Å². The second kappa shape index (κ2) is 4.10. The third-order valence-corrected chi connectivity index (χ3v) is 5.46. The van der Waals surface area contributed by atoms with Crippen molar-refractivity contribution in [1.82, 2.24) is 0 Å². The zero-order valence-corrected chi connectivity index (χ0v) is 11.4. The molecule has 1 aromatic heterocycles. The number of hydrogen-bond donors (Lipinski definition) is 1. The lowest BCUT2D eigenvalue weighted by Gasteiger charge is -2.26. The minimum atomic E-state index is -3.40. The van der Waals surface area contributed by atoms with Crippen LogP contribution in [0.1, 0.15) is 25.7 Å². The van der Waals surface area contributed by atoms with Crippen LogP contribution >= 0.6 is 0 Å². The lowest BCUT2D eigenvalue weighted by Crippen LogP contribution is -2.37. The quantitative estimate of drug-likeness (QED) is 0.927. The molecule has 1 heterocycles. The smallest absolute Gasteiger partial charge is 0.155 e. The molecule has 5 heteroatoms. The summed E-state index contributed by atoms with van der Waals surface area (Å²) in [7, 11) is -3.40. The number of aliphatic hydroxyl groups is 1. The number of para-hydroxylation sites is 1. The predicted octanol–water partition coefficient (Wildman–Crippen LogP) is 2.29. The summed E-state index contributed by atoms with van der Waals surface area (Å²) in [6.45, 7) is 2.97. The zero-order valence-electron chi connectivity index (χ0n) is 10.5. The first-order chi connectivity index (χ1) is 8.23. The fourth-order valence-electron chi connectivity index (χ4n) is 1.68. The van der Waals surface area contributed by atoms with Crippen LogP contribution in [0.2, 0.25) is 0 Å². The van der Waals surface area contributed by atoms with Crippen molar-refractivity contribution in [2.45, 2.75) is 24.7 Å². The lowest BCUT2D eigenvalue weighted by molar-refractivity contribution is 0.116. The molecule has 0 bridgehead atoms. The molecule has 1 N–H and O–H groups in total. The Labute approximate surface area is 106 Å². The van der Waals surface area contributed by atoms with Gasteiger partial charge in [-0.3, -0.25) is 0 Å². The minimum Gasteiger partial charge on any atom is -0.458 e. The van der Waals surface area contributed by atoms with Crippen molar-refractivity contribution in [2.75, 3.05) is 6.26 Å². The molecule has 0 aliphatic heterocycles. The second-order valence-corrected chi connectivity index (χ2v) is 7.56. The summed E-state index contributed by atoms with van der Waals surface area (Å²) in [6, 6.07) is 8.98. The molecule has 1 unspecified atom stereocenters. The van der Waals surface area contributed by atoms with Crippen molar-refractivity contribution in [3.05, 3.63) is 36.1 Å². The molecular formula is C13H16O4S. The van der Waals surface area contributed by atoms with Gasteiger partial charge in [0.2, 0.25) is 0 Å². The van der Waals surface area contributed by atoms with Gasteiger partial charge in [0.1, 0.15) is 17.4 Å². The summed E-state index contributed by atoms with van der Waals surface area (Å²) in [5.41, 5.74) is 0.635. The highest BCUT2D eigenvalue weighted by molar-refractivity contribution is 7.92. The maximum atomic E-state index is 11.7. The average Bonchev–Trinajstić information content (AvgIpc) is 2.69. The van der Waals surface area contributed by atoms with Crippen molar-refractivity contribution in [3.63, 3.8) is 0 Å². The molecule has 0 aliphatic rings. The van der Waals surface area contributed by atoms with E-state index >= 15 is 0 Å². The first-order valence-corrected chi connectivity index (χ1v) is 7.49. The van der Waals surface area contributed by atoms with Gasteiger partial charge in [-0.15, -0.1) is 0 Å². The van der Waals surface area contributed by atoms with E-state index in [2.05, 4.69) is 0 Å². The molecule has 0 aliphatic carbocycles. The Hall–Kier alpha value is -1.33. The molecule has 0 radical (unpaired) electrons. The van der Waals surface area contributed by atoms with Crippen LogP contribution in [-0.2, 0) is 9.84 Å². The van der Waals surface area contributed by atoms with Crippen LogP contribution in [0, 0.1) is 0 Å². The first kappa shape index (κ1) is 13.1. The van der Waals surface area contributed by atoms with Gasteiger partial charge in [-0.1, -0.05) is 18.2 Å². The van der Waals surface area contributed by atoms with Gasteiger partial charge in [-0.05, 0) is 26.0 Å². The van der Waals surface area contributed by atoms with Gasteiger partial charge < -0.3 is 9.52 Å². The highest BCUT2D eigenvalue weighted by atomic mass is 32.2.